The number of hydrazone groups is 1. The molecule has 1 aliphatic rings. The van der Waals surface area contributed by atoms with Crippen LogP contribution in [-0.2, 0) is 14.8 Å². The van der Waals surface area contributed by atoms with Crippen LogP contribution in [0.4, 0.5) is 4.39 Å². The number of halogens is 1. The highest BCUT2D eigenvalue weighted by molar-refractivity contribution is 7.88. The molecule has 1 aliphatic heterocycles. The third-order valence-corrected chi connectivity index (χ3v) is 5.97. The molecule has 1 fully saturated rings. The van der Waals surface area contributed by atoms with Gasteiger partial charge in [0, 0.05) is 26.2 Å². The molecule has 1 aromatic rings. The van der Waals surface area contributed by atoms with Gasteiger partial charge in [0.1, 0.15) is 17.1 Å². The fourth-order valence-electron chi connectivity index (χ4n) is 3.11. The summed E-state index contributed by atoms with van der Waals surface area (Å²) in [7, 11) is -0.513. The van der Waals surface area contributed by atoms with Crippen LogP contribution >= 0.6 is 0 Å². The fourth-order valence-corrected chi connectivity index (χ4v) is 3.98. The van der Waals surface area contributed by atoms with Gasteiger partial charge < -0.3 is 20.8 Å². The van der Waals surface area contributed by atoms with Gasteiger partial charge in [0.15, 0.2) is 5.71 Å². The van der Waals surface area contributed by atoms with Gasteiger partial charge in [0.25, 0.3) is 11.8 Å². The van der Waals surface area contributed by atoms with Gasteiger partial charge in [-0.3, -0.25) is 9.59 Å². The zero-order chi connectivity index (χ0) is 23.2. The van der Waals surface area contributed by atoms with Crippen LogP contribution in [0.15, 0.2) is 35.6 Å². The summed E-state index contributed by atoms with van der Waals surface area (Å²) in [5, 5.41) is 9.00. The average molecular weight is 456 g/mol. The first-order valence-corrected chi connectivity index (χ1v) is 11.3. The molecule has 170 valence electrons. The zero-order valence-electron chi connectivity index (χ0n) is 17.6. The van der Waals surface area contributed by atoms with Crippen molar-refractivity contribution in [2.24, 2.45) is 5.10 Å². The van der Waals surface area contributed by atoms with Crippen LogP contribution in [0.3, 0.4) is 0 Å². The van der Waals surface area contributed by atoms with Crippen molar-refractivity contribution in [2.75, 3.05) is 33.5 Å². The molecule has 0 atom stereocenters. The van der Waals surface area contributed by atoms with Gasteiger partial charge in [-0.05, 0) is 25.0 Å². The molecule has 0 unspecified atom stereocenters. The molecular formula is C19H26FN5O5S. The summed E-state index contributed by atoms with van der Waals surface area (Å²) in [5.41, 5.74) is 1.80. The molecule has 12 heteroatoms. The van der Waals surface area contributed by atoms with Gasteiger partial charge in [0.05, 0.1) is 19.1 Å². The van der Waals surface area contributed by atoms with Gasteiger partial charge >= 0.3 is 0 Å². The zero-order valence-corrected chi connectivity index (χ0v) is 18.4. The van der Waals surface area contributed by atoms with Crippen molar-refractivity contribution in [3.63, 3.8) is 0 Å². The molecule has 1 saturated heterocycles. The Balaban J connectivity index is 2.07. The lowest BCUT2D eigenvalue weighted by Crippen LogP contribution is -2.49. The van der Waals surface area contributed by atoms with Crippen molar-refractivity contribution in [2.45, 2.75) is 18.9 Å². The van der Waals surface area contributed by atoms with Crippen LogP contribution < -0.4 is 20.8 Å². The van der Waals surface area contributed by atoms with E-state index in [-0.39, 0.29) is 41.9 Å². The Hall–Kier alpha value is -2.99. The number of amides is 2. The van der Waals surface area contributed by atoms with E-state index in [0.717, 1.165) is 12.3 Å². The second-order valence-electron chi connectivity index (χ2n) is 6.84. The SMILES string of the molecule is C=C(NC(=O)c1c(F)cccc1OC)/C(=N\NC)C(=O)NC1CCN(S(C)(=O)=O)CC1. The molecule has 2 amide bonds. The standard InChI is InChI=1S/C19H26FN5O5S/c1-12(22-18(26)16-14(20)6-5-7-15(16)30-3)17(24-21-2)19(27)23-13-8-10-25(11-9-13)31(4,28)29/h5-7,13,21H,1,8-11H2,2-4H3,(H,22,26)(H,23,27)/b24-17+. The number of sulfonamides is 1. The number of ether oxygens (including phenoxy) is 1. The molecule has 1 aromatic carbocycles. The number of nitrogens with zero attached hydrogens (tertiary/aromatic N) is 2. The van der Waals surface area contributed by atoms with E-state index in [0.29, 0.717) is 12.8 Å². The lowest BCUT2D eigenvalue weighted by atomic mass is 10.1. The van der Waals surface area contributed by atoms with Crippen LogP contribution in [0.25, 0.3) is 0 Å². The van der Waals surface area contributed by atoms with E-state index in [4.69, 9.17) is 4.74 Å². The molecule has 3 N–H and O–H groups in total. The number of methoxy groups -OCH3 is 1. The van der Waals surface area contributed by atoms with E-state index < -0.39 is 27.7 Å². The van der Waals surface area contributed by atoms with Crippen LogP contribution in [0.2, 0.25) is 0 Å². The highest BCUT2D eigenvalue weighted by atomic mass is 32.2. The topological polar surface area (TPSA) is 129 Å². The monoisotopic (exact) mass is 455 g/mol. The smallest absolute Gasteiger partial charge is 0.274 e. The predicted molar refractivity (Wildman–Crippen MR) is 114 cm³/mol. The Bertz CT molecular complexity index is 987. The van der Waals surface area contributed by atoms with Crippen molar-refractivity contribution < 1.29 is 27.1 Å². The number of hydrogen-bond donors (Lipinski definition) is 3. The molecule has 0 aromatic heterocycles. The van der Waals surface area contributed by atoms with E-state index >= 15 is 0 Å². The highest BCUT2D eigenvalue weighted by Crippen LogP contribution is 2.21. The normalized spacial score (nSPS) is 15.8. The molecule has 0 radical (unpaired) electrons. The molecule has 0 aliphatic carbocycles. The van der Waals surface area contributed by atoms with Crippen molar-refractivity contribution in [3.8, 4) is 5.75 Å². The molecule has 0 spiro atoms. The highest BCUT2D eigenvalue weighted by Gasteiger charge is 2.28. The quantitative estimate of drug-likeness (QED) is 0.379. The van der Waals surface area contributed by atoms with Crippen molar-refractivity contribution in [1.82, 2.24) is 20.4 Å². The molecule has 10 nitrogen and oxygen atoms in total. The molecular weight excluding hydrogens is 429 g/mol. The molecule has 0 saturated carbocycles. The van der Waals surface area contributed by atoms with Gasteiger partial charge in [-0.25, -0.2) is 17.1 Å². The van der Waals surface area contributed by atoms with Crippen molar-refractivity contribution in [3.05, 3.63) is 41.9 Å². The first-order chi connectivity index (χ1) is 14.6. The Kier molecular flexibility index (Phi) is 8.11. The molecule has 1 heterocycles. The van der Waals surface area contributed by atoms with Gasteiger partial charge in [-0.15, -0.1) is 0 Å². The summed E-state index contributed by atoms with van der Waals surface area (Å²) in [6.45, 7) is 4.24. The maximum Gasteiger partial charge on any atom is 0.274 e. The van der Waals surface area contributed by atoms with Gasteiger partial charge in [0.2, 0.25) is 10.0 Å². The first-order valence-electron chi connectivity index (χ1n) is 9.42. The van der Waals surface area contributed by atoms with Gasteiger partial charge in [-0.2, -0.15) is 5.10 Å². The number of nitrogens with one attached hydrogen (secondary N) is 3. The van der Waals surface area contributed by atoms with E-state index in [1.807, 2.05) is 0 Å². The fraction of sp³-hybridized carbons (Fsp3) is 0.421. The Morgan fingerprint density at radius 3 is 2.48 bits per heavy atom. The molecule has 0 bridgehead atoms. The van der Waals surface area contributed by atoms with Crippen LogP contribution in [0.1, 0.15) is 23.2 Å². The van der Waals surface area contributed by atoms with E-state index in [2.05, 4.69) is 27.7 Å². The maximum atomic E-state index is 14.1. The lowest BCUT2D eigenvalue weighted by Gasteiger charge is -2.30. The first kappa shape index (κ1) is 24.3. The summed E-state index contributed by atoms with van der Waals surface area (Å²) in [6.07, 6.45) is 1.99. The van der Waals surface area contributed by atoms with E-state index in [9.17, 15) is 22.4 Å². The summed E-state index contributed by atoms with van der Waals surface area (Å²) >= 11 is 0. The predicted octanol–water partition coefficient (Wildman–Crippen LogP) is 0.193. The average Bonchev–Trinajstić information content (AvgIpc) is 2.71. The number of rotatable bonds is 8. The number of carbonyl (C=O) groups excluding carboxylic acids is 2. The van der Waals surface area contributed by atoms with Crippen LogP contribution in [0.5, 0.6) is 5.75 Å². The summed E-state index contributed by atoms with van der Waals surface area (Å²) in [4.78, 5) is 25.3. The number of carbonyl (C=O) groups is 2. The third kappa shape index (κ3) is 6.25. The van der Waals surface area contributed by atoms with Crippen molar-refractivity contribution >= 4 is 27.5 Å². The summed E-state index contributed by atoms with van der Waals surface area (Å²) < 4.78 is 43.7. The second kappa shape index (κ2) is 10.4. The minimum atomic E-state index is -3.28. The van der Waals surface area contributed by atoms with Crippen LogP contribution in [0, 0.1) is 5.82 Å². The van der Waals surface area contributed by atoms with E-state index in [1.165, 1.54) is 30.6 Å². The van der Waals surface area contributed by atoms with Crippen LogP contribution in [-0.4, -0.2) is 69.8 Å². The maximum absolute atomic E-state index is 14.1. The third-order valence-electron chi connectivity index (χ3n) is 4.67. The Morgan fingerprint density at radius 2 is 1.94 bits per heavy atom. The minimum absolute atomic E-state index is 0.0273. The number of piperidine rings is 1. The van der Waals surface area contributed by atoms with E-state index in [1.54, 1.807) is 0 Å². The molecule has 2 rings (SSSR count). The van der Waals surface area contributed by atoms with Crippen molar-refractivity contribution in [1.29, 1.82) is 0 Å². The lowest BCUT2D eigenvalue weighted by molar-refractivity contribution is -0.115. The second-order valence-corrected chi connectivity index (χ2v) is 8.83. The summed E-state index contributed by atoms with van der Waals surface area (Å²) in [6, 6.07) is 3.66. The minimum Gasteiger partial charge on any atom is -0.496 e. The Labute approximate surface area is 180 Å². The number of hydrogen-bond acceptors (Lipinski definition) is 7. The largest absolute Gasteiger partial charge is 0.496 e. The Morgan fingerprint density at radius 1 is 1.29 bits per heavy atom. The number of benzene rings is 1. The van der Waals surface area contributed by atoms with Gasteiger partial charge in [-0.1, -0.05) is 12.6 Å². The molecule has 31 heavy (non-hydrogen) atoms. The summed E-state index contributed by atoms with van der Waals surface area (Å²) in [5.74, 6) is -2.23.